The van der Waals surface area contributed by atoms with E-state index in [1.165, 1.54) is 0 Å². The average Bonchev–Trinajstić information content (AvgIpc) is 2.53. The minimum atomic E-state index is -0.0932. The van der Waals surface area contributed by atoms with Crippen molar-refractivity contribution in [3.05, 3.63) is 0 Å². The summed E-state index contributed by atoms with van der Waals surface area (Å²) >= 11 is 0. The second-order valence-corrected chi connectivity index (χ2v) is 4.43. The first kappa shape index (κ1) is 21.1. The molecule has 0 fully saturated rings. The summed E-state index contributed by atoms with van der Waals surface area (Å²) in [4.78, 5) is 13.6. The van der Waals surface area contributed by atoms with Crippen molar-refractivity contribution in [3.63, 3.8) is 0 Å². The largest absolute Gasteiger partial charge is 0.379 e. The van der Waals surface area contributed by atoms with Crippen molar-refractivity contribution in [2.45, 2.75) is 20.8 Å². The Morgan fingerprint density at radius 1 is 0.818 bits per heavy atom. The molecule has 0 aromatic heterocycles. The molecule has 0 aliphatic rings. The van der Waals surface area contributed by atoms with E-state index in [0.29, 0.717) is 72.5 Å². The van der Waals surface area contributed by atoms with Crippen LogP contribution in [0.5, 0.6) is 0 Å². The summed E-state index contributed by atoms with van der Waals surface area (Å²) in [5, 5.41) is 2.83. The van der Waals surface area contributed by atoms with Crippen LogP contribution >= 0.6 is 0 Å². The molecule has 0 radical (unpaired) electrons. The molecule has 0 bridgehead atoms. The van der Waals surface area contributed by atoms with Crippen LogP contribution in [-0.4, -0.2) is 83.4 Å². The van der Waals surface area contributed by atoms with Crippen LogP contribution in [0.2, 0.25) is 0 Å². The van der Waals surface area contributed by atoms with Crippen LogP contribution in [0.3, 0.4) is 0 Å². The smallest absolute Gasteiger partial charge is 0.317 e. The fourth-order valence-corrected chi connectivity index (χ4v) is 1.65. The van der Waals surface area contributed by atoms with Crippen molar-refractivity contribution in [1.29, 1.82) is 0 Å². The van der Waals surface area contributed by atoms with Gasteiger partial charge in [0.1, 0.15) is 0 Å². The first-order valence-corrected chi connectivity index (χ1v) is 8.09. The molecule has 0 heterocycles. The topological polar surface area (TPSA) is 69.3 Å². The number of hydrogen-bond donors (Lipinski definition) is 1. The molecule has 2 amide bonds. The fraction of sp³-hybridized carbons (Fsp3) is 0.933. The lowest BCUT2D eigenvalue weighted by Gasteiger charge is -2.21. The quantitative estimate of drug-likeness (QED) is 0.458. The van der Waals surface area contributed by atoms with E-state index in [9.17, 15) is 4.79 Å². The standard InChI is InChI=1S/C15H32N2O5/c1-4-17(8-10-22-14-12-20-6-3)15(18)16-7-9-21-13-11-19-5-2/h4-14H2,1-3H3,(H,16,18). The van der Waals surface area contributed by atoms with Crippen LogP contribution in [0.15, 0.2) is 0 Å². The maximum absolute atomic E-state index is 11.9. The predicted octanol–water partition coefficient (Wildman–Crippen LogP) is 1.12. The number of nitrogens with zero attached hydrogens (tertiary/aromatic N) is 1. The number of likely N-dealkylation sites (N-methyl/N-ethyl adjacent to an activating group) is 1. The van der Waals surface area contributed by atoms with E-state index >= 15 is 0 Å². The van der Waals surface area contributed by atoms with Gasteiger partial charge in [-0.3, -0.25) is 0 Å². The summed E-state index contributed by atoms with van der Waals surface area (Å²) in [5.74, 6) is 0. The van der Waals surface area contributed by atoms with E-state index in [0.717, 1.165) is 0 Å². The summed E-state index contributed by atoms with van der Waals surface area (Å²) in [6.07, 6.45) is 0. The number of nitrogens with one attached hydrogen (secondary N) is 1. The van der Waals surface area contributed by atoms with E-state index in [2.05, 4.69) is 5.32 Å². The van der Waals surface area contributed by atoms with Gasteiger partial charge < -0.3 is 29.2 Å². The molecule has 0 saturated carbocycles. The molecule has 0 aliphatic heterocycles. The summed E-state index contributed by atoms with van der Waals surface area (Å²) in [6.45, 7) is 12.2. The van der Waals surface area contributed by atoms with Gasteiger partial charge in [0.2, 0.25) is 0 Å². The molecule has 0 unspecified atom stereocenters. The van der Waals surface area contributed by atoms with E-state index < -0.39 is 0 Å². The van der Waals surface area contributed by atoms with Gasteiger partial charge >= 0.3 is 6.03 Å². The van der Waals surface area contributed by atoms with Crippen LogP contribution < -0.4 is 5.32 Å². The number of rotatable bonds is 15. The lowest BCUT2D eigenvalue weighted by molar-refractivity contribution is 0.0455. The molecule has 0 atom stereocenters. The molecular formula is C15H32N2O5. The second-order valence-electron chi connectivity index (χ2n) is 4.43. The van der Waals surface area contributed by atoms with Gasteiger partial charge in [-0.15, -0.1) is 0 Å². The van der Waals surface area contributed by atoms with Crippen molar-refractivity contribution < 1.29 is 23.7 Å². The Hall–Kier alpha value is -0.890. The SMILES string of the molecule is CCOCCOCCNC(=O)N(CC)CCOCCOCC. The van der Waals surface area contributed by atoms with Gasteiger partial charge in [-0.05, 0) is 20.8 Å². The highest BCUT2D eigenvalue weighted by atomic mass is 16.5. The van der Waals surface area contributed by atoms with Crippen molar-refractivity contribution in [1.82, 2.24) is 10.2 Å². The third-order valence-electron chi connectivity index (χ3n) is 2.85. The van der Waals surface area contributed by atoms with E-state index in [1.807, 2.05) is 20.8 Å². The zero-order valence-electron chi connectivity index (χ0n) is 14.3. The maximum atomic E-state index is 11.9. The Bertz CT molecular complexity index is 254. The first-order valence-electron chi connectivity index (χ1n) is 8.09. The molecule has 22 heavy (non-hydrogen) atoms. The Morgan fingerprint density at radius 3 is 1.91 bits per heavy atom. The molecule has 7 nitrogen and oxygen atoms in total. The molecule has 7 heteroatoms. The zero-order valence-corrected chi connectivity index (χ0v) is 14.3. The summed E-state index contributed by atoms with van der Waals surface area (Å²) in [7, 11) is 0. The maximum Gasteiger partial charge on any atom is 0.317 e. The van der Waals surface area contributed by atoms with E-state index in [-0.39, 0.29) is 6.03 Å². The Morgan fingerprint density at radius 2 is 1.36 bits per heavy atom. The summed E-state index contributed by atoms with van der Waals surface area (Å²) < 4.78 is 21.1. The Balaban J connectivity index is 3.55. The van der Waals surface area contributed by atoms with Gasteiger partial charge in [-0.2, -0.15) is 0 Å². The van der Waals surface area contributed by atoms with Crippen molar-refractivity contribution in [2.24, 2.45) is 0 Å². The van der Waals surface area contributed by atoms with Crippen molar-refractivity contribution in [2.75, 3.05) is 72.5 Å². The number of hydrogen-bond acceptors (Lipinski definition) is 5. The van der Waals surface area contributed by atoms with E-state index in [4.69, 9.17) is 18.9 Å². The first-order chi connectivity index (χ1) is 10.8. The monoisotopic (exact) mass is 320 g/mol. The lowest BCUT2D eigenvalue weighted by Crippen LogP contribution is -2.42. The minimum Gasteiger partial charge on any atom is -0.379 e. The molecule has 0 aliphatic carbocycles. The molecular weight excluding hydrogens is 288 g/mol. The molecule has 0 saturated heterocycles. The van der Waals surface area contributed by atoms with Gasteiger partial charge in [0.25, 0.3) is 0 Å². The van der Waals surface area contributed by atoms with Gasteiger partial charge in [0.05, 0.1) is 39.6 Å². The van der Waals surface area contributed by atoms with Gasteiger partial charge in [-0.25, -0.2) is 4.79 Å². The third kappa shape index (κ3) is 12.8. The summed E-state index contributed by atoms with van der Waals surface area (Å²) in [5.41, 5.74) is 0. The normalized spacial score (nSPS) is 10.7. The molecule has 0 aromatic rings. The third-order valence-corrected chi connectivity index (χ3v) is 2.85. The fourth-order valence-electron chi connectivity index (χ4n) is 1.65. The van der Waals surface area contributed by atoms with Gasteiger partial charge in [0.15, 0.2) is 0 Å². The molecule has 0 rings (SSSR count). The number of ether oxygens (including phenoxy) is 4. The highest BCUT2D eigenvalue weighted by molar-refractivity contribution is 5.74. The highest BCUT2D eigenvalue weighted by Gasteiger charge is 2.10. The molecule has 1 N–H and O–H groups in total. The van der Waals surface area contributed by atoms with Crippen LogP contribution in [0.25, 0.3) is 0 Å². The highest BCUT2D eigenvalue weighted by Crippen LogP contribution is 1.90. The number of urea groups is 1. The number of carbonyl (C=O) groups excluding carboxylic acids is 1. The van der Waals surface area contributed by atoms with Gasteiger partial charge in [0, 0.05) is 32.8 Å². The Kier molecular flexibility index (Phi) is 15.8. The van der Waals surface area contributed by atoms with Gasteiger partial charge in [-0.1, -0.05) is 0 Å². The van der Waals surface area contributed by atoms with Crippen molar-refractivity contribution in [3.8, 4) is 0 Å². The Labute approximate surface area is 134 Å². The summed E-state index contributed by atoms with van der Waals surface area (Å²) in [6, 6.07) is -0.0932. The average molecular weight is 320 g/mol. The van der Waals surface area contributed by atoms with Crippen molar-refractivity contribution >= 4 is 6.03 Å². The van der Waals surface area contributed by atoms with Crippen LogP contribution in [0, 0.1) is 0 Å². The zero-order chi connectivity index (χ0) is 16.5. The number of carbonyl (C=O) groups is 1. The van der Waals surface area contributed by atoms with Crippen LogP contribution in [0.4, 0.5) is 4.79 Å². The van der Waals surface area contributed by atoms with Crippen LogP contribution in [0.1, 0.15) is 20.8 Å². The predicted molar refractivity (Wildman–Crippen MR) is 85.3 cm³/mol. The van der Waals surface area contributed by atoms with E-state index in [1.54, 1.807) is 4.90 Å². The number of amides is 2. The molecule has 0 spiro atoms. The second kappa shape index (κ2) is 16.5. The lowest BCUT2D eigenvalue weighted by atomic mass is 10.5. The molecule has 0 aromatic carbocycles. The minimum absolute atomic E-state index is 0.0932. The molecule has 132 valence electrons. The van der Waals surface area contributed by atoms with Crippen LogP contribution in [-0.2, 0) is 18.9 Å².